The highest BCUT2D eigenvalue weighted by Crippen LogP contribution is 2.31. The fraction of sp³-hybridized carbons (Fsp3) is 0.429. The van der Waals surface area contributed by atoms with Crippen LogP contribution in [-0.2, 0) is 5.54 Å². The number of aromatic nitrogens is 3. The van der Waals surface area contributed by atoms with Crippen molar-refractivity contribution in [2.24, 2.45) is 0 Å². The minimum Gasteiger partial charge on any atom is -0.493 e. The lowest BCUT2D eigenvalue weighted by molar-refractivity contribution is 0.340. The molecule has 0 fully saturated rings. The Balaban J connectivity index is 2.64. The summed E-state index contributed by atoms with van der Waals surface area (Å²) in [6, 6.07) is 7.88. The molecule has 4 nitrogen and oxygen atoms in total. The first-order valence-corrected chi connectivity index (χ1v) is 6.76. The maximum atomic E-state index is 5.67. The van der Waals surface area contributed by atoms with Gasteiger partial charge in [0.1, 0.15) is 5.75 Å². The average Bonchev–Trinajstić information content (AvgIpc) is 2.72. The molecule has 2 rings (SSSR count). The van der Waals surface area contributed by atoms with Gasteiger partial charge < -0.3 is 4.74 Å². The predicted octanol–water partition coefficient (Wildman–Crippen LogP) is 3.76. The molecule has 1 N–H and O–H groups in total. The van der Waals surface area contributed by atoms with Gasteiger partial charge >= 0.3 is 0 Å². The van der Waals surface area contributed by atoms with E-state index in [1.807, 2.05) is 35.8 Å². The second-order valence-corrected chi connectivity index (χ2v) is 5.67. The molecule has 1 aromatic carbocycles. The summed E-state index contributed by atoms with van der Waals surface area (Å²) in [6.07, 6.45) is 0. The number of nitrogens with one attached hydrogen (secondary N) is 1. The standard InChI is InChI=1S/C14H19N3OS/c1-5-18-11-9-7-6-8-10(11)12-15-16-13(19)17(12)14(2,3)4/h6-9H,5H2,1-4H3,(H,16,19). The molecule has 0 aliphatic carbocycles. The largest absolute Gasteiger partial charge is 0.493 e. The first kappa shape index (κ1) is 13.8. The smallest absolute Gasteiger partial charge is 0.195 e. The van der Waals surface area contributed by atoms with Crippen LogP contribution >= 0.6 is 12.2 Å². The van der Waals surface area contributed by atoms with Crippen molar-refractivity contribution in [3.8, 4) is 17.1 Å². The van der Waals surface area contributed by atoms with Crippen LogP contribution < -0.4 is 4.74 Å². The van der Waals surface area contributed by atoms with Crippen molar-refractivity contribution in [1.29, 1.82) is 0 Å². The number of hydrogen-bond donors (Lipinski definition) is 1. The number of aromatic amines is 1. The van der Waals surface area contributed by atoms with Crippen molar-refractivity contribution in [2.45, 2.75) is 33.2 Å². The first-order valence-electron chi connectivity index (χ1n) is 6.35. The highest BCUT2D eigenvalue weighted by molar-refractivity contribution is 7.71. The van der Waals surface area contributed by atoms with Gasteiger partial charge in [-0.15, -0.1) is 0 Å². The molecule has 102 valence electrons. The van der Waals surface area contributed by atoms with E-state index in [1.165, 1.54) is 0 Å². The molecule has 0 unspecified atom stereocenters. The van der Waals surface area contributed by atoms with Gasteiger partial charge in [0, 0.05) is 5.54 Å². The van der Waals surface area contributed by atoms with Crippen molar-refractivity contribution < 1.29 is 4.74 Å². The number of hydrogen-bond acceptors (Lipinski definition) is 3. The molecule has 0 saturated heterocycles. The van der Waals surface area contributed by atoms with Crippen LogP contribution in [-0.4, -0.2) is 21.4 Å². The Bertz CT molecular complexity index is 622. The summed E-state index contributed by atoms with van der Waals surface area (Å²) in [5.41, 5.74) is 0.810. The molecule has 19 heavy (non-hydrogen) atoms. The molecule has 0 amide bonds. The number of benzene rings is 1. The number of para-hydroxylation sites is 1. The zero-order valence-corrected chi connectivity index (χ0v) is 12.5. The van der Waals surface area contributed by atoms with E-state index in [1.54, 1.807) is 0 Å². The van der Waals surface area contributed by atoms with Crippen molar-refractivity contribution in [1.82, 2.24) is 14.8 Å². The van der Waals surface area contributed by atoms with Gasteiger partial charge in [0.05, 0.1) is 12.2 Å². The molecule has 1 heterocycles. The maximum Gasteiger partial charge on any atom is 0.195 e. The minimum absolute atomic E-state index is 0.140. The van der Waals surface area contributed by atoms with Crippen molar-refractivity contribution in [3.63, 3.8) is 0 Å². The minimum atomic E-state index is -0.140. The Kier molecular flexibility index (Phi) is 3.75. The molecule has 0 aliphatic heterocycles. The van der Waals surface area contributed by atoms with E-state index in [2.05, 4.69) is 31.0 Å². The van der Waals surface area contributed by atoms with E-state index in [4.69, 9.17) is 17.0 Å². The second-order valence-electron chi connectivity index (χ2n) is 5.29. The van der Waals surface area contributed by atoms with Gasteiger partial charge in [0.2, 0.25) is 0 Å². The van der Waals surface area contributed by atoms with Gasteiger partial charge in [-0.3, -0.25) is 9.67 Å². The van der Waals surface area contributed by atoms with Crippen LogP contribution in [0.2, 0.25) is 0 Å². The fourth-order valence-electron chi connectivity index (χ4n) is 2.03. The first-order chi connectivity index (χ1) is 8.95. The number of ether oxygens (including phenoxy) is 1. The molecule has 0 spiro atoms. The Morgan fingerprint density at radius 1 is 1.32 bits per heavy atom. The van der Waals surface area contributed by atoms with E-state index in [0.29, 0.717) is 11.4 Å². The topological polar surface area (TPSA) is 42.8 Å². The molecule has 2 aromatic rings. The SMILES string of the molecule is CCOc1ccccc1-c1n[nH]c(=S)n1C(C)(C)C. The van der Waals surface area contributed by atoms with Crippen LogP contribution in [0, 0.1) is 4.77 Å². The number of nitrogens with zero attached hydrogens (tertiary/aromatic N) is 2. The molecule has 5 heteroatoms. The molecule has 1 aromatic heterocycles. The lowest BCUT2D eigenvalue weighted by atomic mass is 10.1. The normalized spacial score (nSPS) is 11.6. The molecule has 0 atom stereocenters. The van der Waals surface area contributed by atoms with Gasteiger partial charge in [-0.1, -0.05) is 12.1 Å². The molecular formula is C14H19N3OS. The van der Waals surface area contributed by atoms with Crippen LogP contribution in [0.3, 0.4) is 0 Å². The van der Waals surface area contributed by atoms with Crippen LogP contribution in [0.1, 0.15) is 27.7 Å². The Hall–Kier alpha value is -1.62. The molecule has 0 bridgehead atoms. The lowest BCUT2D eigenvalue weighted by Crippen LogP contribution is -2.23. The van der Waals surface area contributed by atoms with Crippen LogP contribution in [0.5, 0.6) is 5.75 Å². The summed E-state index contributed by atoms with van der Waals surface area (Å²) >= 11 is 5.33. The predicted molar refractivity (Wildman–Crippen MR) is 79.0 cm³/mol. The van der Waals surface area contributed by atoms with Crippen LogP contribution in [0.15, 0.2) is 24.3 Å². The van der Waals surface area contributed by atoms with Crippen molar-refractivity contribution in [2.75, 3.05) is 6.61 Å². The summed E-state index contributed by atoms with van der Waals surface area (Å²) in [5.74, 6) is 1.63. The van der Waals surface area contributed by atoms with E-state index in [0.717, 1.165) is 17.1 Å². The van der Waals surface area contributed by atoms with Gasteiger partial charge in [-0.25, -0.2) is 0 Å². The third-order valence-corrected chi connectivity index (χ3v) is 3.04. The van der Waals surface area contributed by atoms with E-state index >= 15 is 0 Å². The van der Waals surface area contributed by atoms with Crippen molar-refractivity contribution in [3.05, 3.63) is 29.0 Å². The van der Waals surface area contributed by atoms with Crippen LogP contribution in [0.25, 0.3) is 11.4 Å². The molecule has 0 radical (unpaired) electrons. The summed E-state index contributed by atoms with van der Waals surface area (Å²) in [6.45, 7) is 8.90. The maximum absolute atomic E-state index is 5.67. The average molecular weight is 277 g/mol. The third-order valence-electron chi connectivity index (χ3n) is 2.77. The molecule has 0 aliphatic rings. The summed E-state index contributed by atoms with van der Waals surface area (Å²) in [5, 5.41) is 7.23. The molecular weight excluding hydrogens is 258 g/mol. The monoisotopic (exact) mass is 277 g/mol. The fourth-order valence-corrected chi connectivity index (χ4v) is 2.44. The van der Waals surface area contributed by atoms with Crippen molar-refractivity contribution >= 4 is 12.2 Å². The van der Waals surface area contributed by atoms with Gasteiger partial charge in [-0.05, 0) is 52.0 Å². The summed E-state index contributed by atoms with van der Waals surface area (Å²) in [4.78, 5) is 0. The Morgan fingerprint density at radius 2 is 2.00 bits per heavy atom. The lowest BCUT2D eigenvalue weighted by Gasteiger charge is -2.23. The van der Waals surface area contributed by atoms with Gasteiger partial charge in [-0.2, -0.15) is 5.10 Å². The Labute approximate surface area is 118 Å². The number of rotatable bonds is 3. The quantitative estimate of drug-likeness (QED) is 0.869. The van der Waals surface area contributed by atoms with E-state index in [9.17, 15) is 0 Å². The van der Waals surface area contributed by atoms with E-state index < -0.39 is 0 Å². The molecule has 0 saturated carbocycles. The highest BCUT2D eigenvalue weighted by Gasteiger charge is 2.22. The van der Waals surface area contributed by atoms with E-state index in [-0.39, 0.29) is 5.54 Å². The zero-order valence-electron chi connectivity index (χ0n) is 11.7. The second kappa shape index (κ2) is 5.17. The third kappa shape index (κ3) is 2.71. The highest BCUT2D eigenvalue weighted by atomic mass is 32.1. The van der Waals surface area contributed by atoms with Crippen LogP contribution in [0.4, 0.5) is 0 Å². The zero-order chi connectivity index (χ0) is 14.0. The number of H-pyrrole nitrogens is 1. The Morgan fingerprint density at radius 3 is 2.63 bits per heavy atom. The van der Waals surface area contributed by atoms with Gasteiger partial charge in [0.15, 0.2) is 10.6 Å². The van der Waals surface area contributed by atoms with Gasteiger partial charge in [0.25, 0.3) is 0 Å². The summed E-state index contributed by atoms with van der Waals surface area (Å²) in [7, 11) is 0. The summed E-state index contributed by atoms with van der Waals surface area (Å²) < 4.78 is 8.30.